The van der Waals surface area contributed by atoms with E-state index in [2.05, 4.69) is 15.5 Å². The van der Waals surface area contributed by atoms with Crippen molar-refractivity contribution in [3.63, 3.8) is 0 Å². The van der Waals surface area contributed by atoms with Gasteiger partial charge in [0.05, 0.1) is 15.5 Å². The number of amides is 1. The number of nitrogens with zero attached hydrogens (tertiary/aromatic N) is 2. The van der Waals surface area contributed by atoms with Crippen LogP contribution in [0.2, 0.25) is 5.02 Å². The summed E-state index contributed by atoms with van der Waals surface area (Å²) in [7, 11) is -3.46. The van der Waals surface area contributed by atoms with Crippen molar-refractivity contribution in [2.45, 2.75) is 55.9 Å². The number of aromatic nitrogens is 2. The van der Waals surface area contributed by atoms with Gasteiger partial charge in [0, 0.05) is 13.2 Å². The SMILES string of the molecule is Cc1nc(C2(NC(=O)c3cc(S(C)(=O)=O)ccc3Cl)CCCCCC2)no1. The van der Waals surface area contributed by atoms with Crippen LogP contribution in [-0.4, -0.2) is 30.7 Å². The topological polar surface area (TPSA) is 102 Å². The molecule has 0 saturated heterocycles. The van der Waals surface area contributed by atoms with E-state index in [0.717, 1.165) is 31.9 Å². The zero-order chi connectivity index (χ0) is 19.7. The molecule has 146 valence electrons. The Balaban J connectivity index is 1.98. The Hall–Kier alpha value is -1.93. The van der Waals surface area contributed by atoms with Crippen molar-refractivity contribution in [2.75, 3.05) is 6.26 Å². The van der Waals surface area contributed by atoms with Gasteiger partial charge >= 0.3 is 0 Å². The van der Waals surface area contributed by atoms with E-state index >= 15 is 0 Å². The number of hydrogen-bond donors (Lipinski definition) is 1. The highest BCUT2D eigenvalue weighted by atomic mass is 35.5. The molecule has 0 spiro atoms. The largest absolute Gasteiger partial charge is 0.340 e. The van der Waals surface area contributed by atoms with Crippen molar-refractivity contribution < 1.29 is 17.7 Å². The lowest BCUT2D eigenvalue weighted by atomic mass is 9.88. The number of sulfone groups is 1. The number of halogens is 1. The Kier molecular flexibility index (Phi) is 5.58. The minimum atomic E-state index is -3.46. The van der Waals surface area contributed by atoms with Gasteiger partial charge in [-0.2, -0.15) is 4.98 Å². The number of aryl methyl sites for hydroxylation is 1. The highest BCUT2D eigenvalue weighted by Crippen LogP contribution is 2.35. The monoisotopic (exact) mass is 411 g/mol. The van der Waals surface area contributed by atoms with E-state index < -0.39 is 21.3 Å². The summed E-state index contributed by atoms with van der Waals surface area (Å²) in [6.45, 7) is 1.70. The zero-order valence-electron chi connectivity index (χ0n) is 15.3. The second-order valence-corrected chi connectivity index (χ2v) is 9.42. The molecule has 2 aromatic rings. The summed E-state index contributed by atoms with van der Waals surface area (Å²) in [5, 5.41) is 7.27. The first kappa shape index (κ1) is 19.8. The first-order valence-corrected chi connectivity index (χ1v) is 11.1. The molecule has 1 heterocycles. The summed E-state index contributed by atoms with van der Waals surface area (Å²) < 4.78 is 28.8. The fraction of sp³-hybridized carbons (Fsp3) is 0.500. The van der Waals surface area contributed by atoms with Crippen molar-refractivity contribution in [2.24, 2.45) is 0 Å². The highest BCUT2D eigenvalue weighted by molar-refractivity contribution is 7.90. The smallest absolute Gasteiger partial charge is 0.253 e. The molecule has 1 saturated carbocycles. The molecule has 1 N–H and O–H groups in total. The van der Waals surface area contributed by atoms with Gasteiger partial charge in [0.1, 0.15) is 5.54 Å². The zero-order valence-corrected chi connectivity index (χ0v) is 16.9. The van der Waals surface area contributed by atoms with Crippen LogP contribution in [0.5, 0.6) is 0 Å². The fourth-order valence-corrected chi connectivity index (χ4v) is 4.27. The highest BCUT2D eigenvalue weighted by Gasteiger charge is 2.39. The molecule has 9 heteroatoms. The number of carbonyl (C=O) groups excluding carboxylic acids is 1. The molecule has 1 aliphatic carbocycles. The molecular weight excluding hydrogens is 390 g/mol. The van der Waals surface area contributed by atoms with Gasteiger partial charge in [-0.3, -0.25) is 4.79 Å². The predicted molar refractivity (Wildman–Crippen MR) is 100 cm³/mol. The van der Waals surface area contributed by atoms with Gasteiger partial charge in [0.25, 0.3) is 5.91 Å². The van der Waals surface area contributed by atoms with Crippen molar-refractivity contribution in [1.29, 1.82) is 0 Å². The first-order valence-electron chi connectivity index (χ1n) is 8.84. The van der Waals surface area contributed by atoms with Gasteiger partial charge < -0.3 is 9.84 Å². The third-order valence-electron chi connectivity index (χ3n) is 4.88. The molecule has 0 atom stereocenters. The summed E-state index contributed by atoms with van der Waals surface area (Å²) in [5.74, 6) is 0.431. The number of benzene rings is 1. The van der Waals surface area contributed by atoms with Gasteiger partial charge in [-0.05, 0) is 31.0 Å². The van der Waals surface area contributed by atoms with Crippen LogP contribution >= 0.6 is 11.6 Å². The predicted octanol–water partition coefficient (Wildman–Crippen LogP) is 3.41. The van der Waals surface area contributed by atoms with Crippen LogP contribution in [0.1, 0.15) is 60.6 Å². The van der Waals surface area contributed by atoms with Crippen LogP contribution in [0.25, 0.3) is 0 Å². The molecule has 3 rings (SSSR count). The van der Waals surface area contributed by atoms with E-state index in [4.69, 9.17) is 16.1 Å². The van der Waals surface area contributed by atoms with E-state index in [0.29, 0.717) is 24.6 Å². The fourth-order valence-electron chi connectivity index (χ4n) is 3.42. The number of nitrogens with one attached hydrogen (secondary N) is 1. The lowest BCUT2D eigenvalue weighted by Crippen LogP contribution is -2.46. The van der Waals surface area contributed by atoms with Crippen LogP contribution in [0.3, 0.4) is 0 Å². The standard InChI is InChI=1S/C18H22ClN3O4S/c1-12-20-17(22-26-12)18(9-5-3-4-6-10-18)21-16(23)14-11-13(27(2,24)25)7-8-15(14)19/h7-8,11H,3-6,9-10H2,1-2H3,(H,21,23). The van der Waals surface area contributed by atoms with E-state index in [1.807, 2.05) is 0 Å². The molecule has 1 aliphatic rings. The molecule has 0 bridgehead atoms. The molecule has 0 radical (unpaired) electrons. The van der Waals surface area contributed by atoms with E-state index in [-0.39, 0.29) is 15.5 Å². The molecule has 1 aromatic carbocycles. The lowest BCUT2D eigenvalue weighted by molar-refractivity contribution is 0.0876. The minimum Gasteiger partial charge on any atom is -0.340 e. The number of rotatable bonds is 4. The van der Waals surface area contributed by atoms with Crippen LogP contribution in [-0.2, 0) is 15.4 Å². The average Bonchev–Trinajstić information content (AvgIpc) is 2.90. The molecular formula is C18H22ClN3O4S. The molecule has 1 amide bonds. The number of carbonyl (C=O) groups is 1. The van der Waals surface area contributed by atoms with Crippen LogP contribution in [0.15, 0.2) is 27.6 Å². The lowest BCUT2D eigenvalue weighted by Gasteiger charge is -2.31. The summed E-state index contributed by atoms with van der Waals surface area (Å²) in [4.78, 5) is 17.4. The van der Waals surface area contributed by atoms with Crippen LogP contribution in [0, 0.1) is 6.92 Å². The molecule has 27 heavy (non-hydrogen) atoms. The van der Waals surface area contributed by atoms with Crippen molar-refractivity contribution >= 4 is 27.3 Å². The van der Waals surface area contributed by atoms with Gasteiger partial charge in [-0.1, -0.05) is 42.4 Å². The Morgan fingerprint density at radius 3 is 2.44 bits per heavy atom. The Labute approximate surface area is 163 Å². The Bertz CT molecular complexity index is 947. The molecule has 1 aromatic heterocycles. The summed E-state index contributed by atoms with van der Waals surface area (Å²) in [5.41, 5.74) is -0.640. The second kappa shape index (κ2) is 7.59. The first-order chi connectivity index (χ1) is 12.7. The van der Waals surface area contributed by atoms with Crippen molar-refractivity contribution in [3.05, 3.63) is 40.5 Å². The maximum Gasteiger partial charge on any atom is 0.253 e. The molecule has 1 fully saturated rings. The van der Waals surface area contributed by atoms with Crippen LogP contribution in [0.4, 0.5) is 0 Å². The van der Waals surface area contributed by atoms with E-state index in [9.17, 15) is 13.2 Å². The summed E-state index contributed by atoms with van der Waals surface area (Å²) in [6.07, 6.45) is 6.43. The third kappa shape index (κ3) is 4.32. The third-order valence-corrected chi connectivity index (χ3v) is 6.32. The van der Waals surface area contributed by atoms with Crippen molar-refractivity contribution in [1.82, 2.24) is 15.5 Å². The number of hydrogen-bond acceptors (Lipinski definition) is 6. The van der Waals surface area contributed by atoms with Gasteiger partial charge in [-0.25, -0.2) is 8.42 Å². The summed E-state index contributed by atoms with van der Waals surface area (Å²) >= 11 is 6.18. The molecule has 7 nitrogen and oxygen atoms in total. The normalized spacial score (nSPS) is 17.3. The van der Waals surface area contributed by atoms with Crippen LogP contribution < -0.4 is 5.32 Å². The minimum absolute atomic E-state index is 0.0439. The maximum absolute atomic E-state index is 13.0. The maximum atomic E-state index is 13.0. The second-order valence-electron chi connectivity index (χ2n) is 7.00. The van der Waals surface area contributed by atoms with Crippen molar-refractivity contribution in [3.8, 4) is 0 Å². The molecule has 0 unspecified atom stereocenters. The van der Waals surface area contributed by atoms with E-state index in [1.54, 1.807) is 6.92 Å². The van der Waals surface area contributed by atoms with Gasteiger partial charge in [0.15, 0.2) is 15.7 Å². The average molecular weight is 412 g/mol. The Morgan fingerprint density at radius 2 is 1.89 bits per heavy atom. The summed E-state index contributed by atoms with van der Waals surface area (Å²) in [6, 6.07) is 4.11. The van der Waals surface area contributed by atoms with E-state index in [1.165, 1.54) is 18.2 Å². The van der Waals surface area contributed by atoms with Gasteiger partial charge in [0.2, 0.25) is 5.89 Å². The Morgan fingerprint density at radius 1 is 1.22 bits per heavy atom. The van der Waals surface area contributed by atoms with Gasteiger partial charge in [-0.15, -0.1) is 0 Å². The quantitative estimate of drug-likeness (QED) is 0.773. The molecule has 0 aliphatic heterocycles.